The van der Waals surface area contributed by atoms with E-state index in [1.54, 1.807) is 6.92 Å². The number of benzene rings is 1. The number of hydrogen-bond acceptors (Lipinski definition) is 4. The van der Waals surface area contributed by atoms with Crippen LogP contribution in [0.1, 0.15) is 11.1 Å². The first-order valence-electron chi connectivity index (χ1n) is 8.40. The minimum atomic E-state index is -4.51. The normalized spacial score (nSPS) is 11.8. The third kappa shape index (κ3) is 3.56. The van der Waals surface area contributed by atoms with Crippen molar-refractivity contribution in [3.63, 3.8) is 0 Å². The third-order valence-corrected chi connectivity index (χ3v) is 4.32. The molecule has 4 rings (SSSR count). The minimum Gasteiger partial charge on any atom is -0.325 e. The highest BCUT2D eigenvalue weighted by molar-refractivity contribution is 5.82. The van der Waals surface area contributed by atoms with E-state index in [0.717, 1.165) is 18.3 Å². The van der Waals surface area contributed by atoms with Crippen LogP contribution in [0, 0.1) is 12.7 Å². The summed E-state index contributed by atoms with van der Waals surface area (Å²) in [5, 5.41) is 5.61. The van der Waals surface area contributed by atoms with Crippen LogP contribution >= 0.6 is 0 Å². The molecule has 4 aromatic rings. The van der Waals surface area contributed by atoms with Gasteiger partial charge in [0.1, 0.15) is 17.5 Å². The Kier molecular flexibility index (Phi) is 4.33. The van der Waals surface area contributed by atoms with Crippen molar-refractivity contribution >= 4 is 22.5 Å². The van der Waals surface area contributed by atoms with Crippen molar-refractivity contribution in [3.05, 3.63) is 76.1 Å². The first-order chi connectivity index (χ1) is 13.7. The van der Waals surface area contributed by atoms with Crippen LogP contribution in [0.4, 0.5) is 29.2 Å². The average Bonchev–Trinajstić information content (AvgIpc) is 3.00. The number of aryl methyl sites for hydroxylation is 1. The van der Waals surface area contributed by atoms with Gasteiger partial charge in [0.05, 0.1) is 28.4 Å². The molecule has 0 unspecified atom stereocenters. The fourth-order valence-electron chi connectivity index (χ4n) is 2.86. The Morgan fingerprint density at radius 2 is 1.79 bits per heavy atom. The van der Waals surface area contributed by atoms with Gasteiger partial charge in [-0.15, -0.1) is 0 Å². The van der Waals surface area contributed by atoms with Gasteiger partial charge in [0.25, 0.3) is 5.56 Å². The van der Waals surface area contributed by atoms with Crippen molar-refractivity contribution in [3.8, 4) is 5.69 Å². The van der Waals surface area contributed by atoms with Gasteiger partial charge in [0, 0.05) is 12.3 Å². The number of aromatic nitrogens is 4. The van der Waals surface area contributed by atoms with Crippen molar-refractivity contribution in [2.24, 2.45) is 0 Å². The van der Waals surface area contributed by atoms with Gasteiger partial charge in [-0.1, -0.05) is 6.07 Å². The number of rotatable bonds is 3. The van der Waals surface area contributed by atoms with Gasteiger partial charge in [0.2, 0.25) is 0 Å². The van der Waals surface area contributed by atoms with Crippen LogP contribution in [0.3, 0.4) is 0 Å². The monoisotopic (exact) mass is 403 g/mol. The molecule has 2 N–H and O–H groups in total. The lowest BCUT2D eigenvalue weighted by Crippen LogP contribution is -2.08. The molecule has 0 aliphatic carbocycles. The number of nitrogens with one attached hydrogen (secondary N) is 2. The van der Waals surface area contributed by atoms with Crippen LogP contribution in [0.15, 0.2) is 53.6 Å². The molecule has 0 aliphatic rings. The summed E-state index contributed by atoms with van der Waals surface area (Å²) < 4.78 is 53.7. The zero-order valence-corrected chi connectivity index (χ0v) is 14.9. The van der Waals surface area contributed by atoms with Crippen molar-refractivity contribution in [2.45, 2.75) is 13.1 Å². The number of halogens is 4. The average molecular weight is 403 g/mol. The van der Waals surface area contributed by atoms with E-state index in [9.17, 15) is 22.4 Å². The van der Waals surface area contributed by atoms with Crippen LogP contribution in [0.2, 0.25) is 0 Å². The van der Waals surface area contributed by atoms with Crippen molar-refractivity contribution < 1.29 is 17.6 Å². The van der Waals surface area contributed by atoms with Gasteiger partial charge >= 0.3 is 6.18 Å². The summed E-state index contributed by atoms with van der Waals surface area (Å²) in [7, 11) is 0. The number of nitrogens with zero attached hydrogens (tertiary/aromatic N) is 3. The van der Waals surface area contributed by atoms with Gasteiger partial charge < -0.3 is 5.32 Å². The molecule has 10 heteroatoms. The number of alkyl halides is 3. The Hall–Kier alpha value is -3.69. The van der Waals surface area contributed by atoms with Gasteiger partial charge in [-0.3, -0.25) is 14.6 Å². The number of pyridine rings is 2. The van der Waals surface area contributed by atoms with E-state index in [4.69, 9.17) is 0 Å². The largest absolute Gasteiger partial charge is 0.416 e. The summed E-state index contributed by atoms with van der Waals surface area (Å²) in [5.74, 6) is 0.165. The Balaban J connectivity index is 1.79. The van der Waals surface area contributed by atoms with E-state index >= 15 is 0 Å². The molecule has 3 aromatic heterocycles. The van der Waals surface area contributed by atoms with Crippen LogP contribution in [0.25, 0.3) is 16.6 Å². The van der Waals surface area contributed by atoms with E-state index in [1.165, 1.54) is 35.1 Å². The molecule has 0 bridgehead atoms. The second-order valence-electron chi connectivity index (χ2n) is 6.35. The SMILES string of the molecule is Cc1cc(Nc2cc3c(cn2)c(=O)[nH]n3-c2cccc(C(F)(F)F)c2)ncc1F. The van der Waals surface area contributed by atoms with Gasteiger partial charge in [0.15, 0.2) is 0 Å². The second-order valence-corrected chi connectivity index (χ2v) is 6.35. The summed E-state index contributed by atoms with van der Waals surface area (Å²) in [5.41, 5.74) is -0.486. The van der Waals surface area contributed by atoms with Crippen LogP contribution in [-0.4, -0.2) is 19.7 Å². The molecule has 6 nitrogen and oxygen atoms in total. The highest BCUT2D eigenvalue weighted by Gasteiger charge is 2.30. The van der Waals surface area contributed by atoms with Gasteiger partial charge in [-0.25, -0.2) is 14.4 Å². The maximum atomic E-state index is 13.4. The number of H-pyrrole nitrogens is 1. The summed E-state index contributed by atoms with van der Waals surface area (Å²) >= 11 is 0. The summed E-state index contributed by atoms with van der Waals surface area (Å²) in [6.45, 7) is 1.58. The zero-order valence-electron chi connectivity index (χ0n) is 14.9. The first kappa shape index (κ1) is 18.7. The van der Waals surface area contributed by atoms with Crippen LogP contribution in [-0.2, 0) is 6.18 Å². The molecule has 29 heavy (non-hydrogen) atoms. The van der Waals surface area contributed by atoms with Gasteiger partial charge in [-0.2, -0.15) is 13.2 Å². The fourth-order valence-corrected chi connectivity index (χ4v) is 2.86. The highest BCUT2D eigenvalue weighted by atomic mass is 19.4. The Bertz CT molecular complexity index is 1280. The number of hydrogen-bond donors (Lipinski definition) is 2. The topological polar surface area (TPSA) is 75.6 Å². The lowest BCUT2D eigenvalue weighted by molar-refractivity contribution is -0.137. The molecule has 0 saturated carbocycles. The number of anilines is 2. The van der Waals surface area contributed by atoms with E-state index in [2.05, 4.69) is 20.4 Å². The van der Waals surface area contributed by atoms with Crippen molar-refractivity contribution in [2.75, 3.05) is 5.32 Å². The molecule has 0 radical (unpaired) electrons. The second kappa shape index (κ2) is 6.73. The number of fused-ring (bicyclic) bond motifs is 1. The summed E-state index contributed by atoms with van der Waals surface area (Å²) in [6.07, 6.45) is -2.15. The van der Waals surface area contributed by atoms with Crippen LogP contribution < -0.4 is 10.9 Å². The fraction of sp³-hybridized carbons (Fsp3) is 0.105. The van der Waals surface area contributed by atoms with E-state index in [0.29, 0.717) is 16.9 Å². The standard InChI is InChI=1S/C19H13F4N5O/c1-10-5-16(25-9-14(10)20)26-17-7-15-13(8-24-17)18(29)27-28(15)12-4-2-3-11(6-12)19(21,22)23/h2-9H,1H3,(H,27,29)(H,24,25,26). The smallest absolute Gasteiger partial charge is 0.325 e. The van der Waals surface area contributed by atoms with Crippen molar-refractivity contribution in [1.82, 2.24) is 19.7 Å². The molecule has 0 spiro atoms. The van der Waals surface area contributed by atoms with E-state index in [1.807, 2.05) is 0 Å². The molecule has 0 atom stereocenters. The predicted octanol–water partition coefficient (Wildman–Crippen LogP) is 4.32. The molecule has 0 fully saturated rings. The molecular formula is C19H13F4N5O. The predicted molar refractivity (Wildman–Crippen MR) is 98.9 cm³/mol. The minimum absolute atomic E-state index is 0.139. The molecule has 3 heterocycles. The maximum Gasteiger partial charge on any atom is 0.416 e. The zero-order chi connectivity index (χ0) is 20.8. The van der Waals surface area contributed by atoms with E-state index in [-0.39, 0.29) is 16.9 Å². The molecule has 148 valence electrons. The lowest BCUT2D eigenvalue weighted by atomic mass is 10.2. The maximum absolute atomic E-state index is 13.4. The van der Waals surface area contributed by atoms with Gasteiger partial charge in [-0.05, 0) is 36.8 Å². The first-order valence-corrected chi connectivity index (χ1v) is 8.40. The lowest BCUT2D eigenvalue weighted by Gasteiger charge is -2.10. The molecule has 0 amide bonds. The van der Waals surface area contributed by atoms with Crippen molar-refractivity contribution in [1.29, 1.82) is 0 Å². The Morgan fingerprint density at radius 1 is 1.07 bits per heavy atom. The summed E-state index contributed by atoms with van der Waals surface area (Å²) in [4.78, 5) is 20.2. The summed E-state index contributed by atoms with van der Waals surface area (Å²) in [6, 6.07) is 7.57. The molecular weight excluding hydrogens is 390 g/mol. The molecule has 0 aliphatic heterocycles. The quantitative estimate of drug-likeness (QED) is 0.500. The number of aromatic amines is 1. The molecule has 1 aromatic carbocycles. The molecule has 0 saturated heterocycles. The third-order valence-electron chi connectivity index (χ3n) is 4.32. The van der Waals surface area contributed by atoms with Crippen LogP contribution in [0.5, 0.6) is 0 Å². The van der Waals surface area contributed by atoms with E-state index < -0.39 is 23.1 Å². The highest BCUT2D eigenvalue weighted by Crippen LogP contribution is 2.31. The Labute approximate surface area is 160 Å². The Morgan fingerprint density at radius 3 is 2.52 bits per heavy atom.